The highest BCUT2D eigenvalue weighted by atomic mass is 32.1. The van der Waals surface area contributed by atoms with Gasteiger partial charge in [0.15, 0.2) is 0 Å². The fourth-order valence-electron chi connectivity index (χ4n) is 1.81. The predicted molar refractivity (Wildman–Crippen MR) is 87.9 cm³/mol. The molecule has 0 saturated carbocycles. The summed E-state index contributed by atoms with van der Waals surface area (Å²) in [7, 11) is 0. The van der Waals surface area contributed by atoms with E-state index in [0.29, 0.717) is 25.9 Å². The minimum atomic E-state index is 0.501. The van der Waals surface area contributed by atoms with Crippen molar-refractivity contribution in [2.24, 2.45) is 0 Å². The van der Waals surface area contributed by atoms with E-state index < -0.39 is 0 Å². The Kier molecular flexibility index (Phi) is 6.73. The van der Waals surface area contributed by atoms with Crippen LogP contribution in [0.1, 0.15) is 24.3 Å². The number of nitrogens with one attached hydrogen (secondary N) is 1. The third-order valence-electron chi connectivity index (χ3n) is 2.96. The molecule has 0 spiro atoms. The molecule has 3 nitrogen and oxygen atoms in total. The minimum absolute atomic E-state index is 0.501. The second-order valence-electron chi connectivity index (χ2n) is 5.16. The van der Waals surface area contributed by atoms with Crippen molar-refractivity contribution in [3.8, 4) is 5.75 Å². The van der Waals surface area contributed by atoms with Gasteiger partial charge in [0, 0.05) is 17.5 Å². The number of benzene rings is 1. The second-order valence-corrected chi connectivity index (χ2v) is 6.19. The highest BCUT2D eigenvalue weighted by Gasteiger charge is 1.98. The van der Waals surface area contributed by atoms with Crippen molar-refractivity contribution in [1.82, 2.24) is 5.32 Å². The van der Waals surface area contributed by atoms with Gasteiger partial charge < -0.3 is 14.8 Å². The predicted octanol–water partition coefficient (Wildman–Crippen LogP) is 3.84. The molecule has 0 fully saturated rings. The van der Waals surface area contributed by atoms with Gasteiger partial charge in [-0.15, -0.1) is 11.3 Å². The first-order chi connectivity index (χ1) is 10.2. The molecule has 2 rings (SSSR count). The molecule has 0 amide bonds. The van der Waals surface area contributed by atoms with Gasteiger partial charge in [-0.25, -0.2) is 0 Å². The summed E-state index contributed by atoms with van der Waals surface area (Å²) >= 11 is 1.71. The Morgan fingerprint density at radius 2 is 1.90 bits per heavy atom. The van der Waals surface area contributed by atoms with E-state index in [1.54, 1.807) is 11.3 Å². The largest absolute Gasteiger partial charge is 0.491 e. The summed E-state index contributed by atoms with van der Waals surface area (Å²) in [6.07, 6.45) is 0. The van der Waals surface area contributed by atoms with Crippen LogP contribution >= 0.6 is 11.3 Å². The van der Waals surface area contributed by atoms with E-state index in [9.17, 15) is 0 Å². The Hall–Kier alpha value is -1.36. The Bertz CT molecular complexity index is 494. The zero-order valence-electron chi connectivity index (χ0n) is 12.7. The molecule has 0 radical (unpaired) electrons. The molecule has 0 bridgehead atoms. The quantitative estimate of drug-likeness (QED) is 0.714. The van der Waals surface area contributed by atoms with Crippen molar-refractivity contribution >= 4 is 11.3 Å². The van der Waals surface area contributed by atoms with E-state index in [4.69, 9.17) is 9.47 Å². The van der Waals surface area contributed by atoms with Crippen molar-refractivity contribution < 1.29 is 9.47 Å². The van der Waals surface area contributed by atoms with Crippen LogP contribution in [0.5, 0.6) is 5.75 Å². The third kappa shape index (κ3) is 6.29. The molecule has 1 aromatic heterocycles. The summed E-state index contributed by atoms with van der Waals surface area (Å²) in [6.45, 7) is 7.04. The zero-order valence-corrected chi connectivity index (χ0v) is 13.5. The van der Waals surface area contributed by atoms with Gasteiger partial charge in [0.25, 0.3) is 0 Å². The molecule has 1 aromatic carbocycles. The second kappa shape index (κ2) is 8.82. The van der Waals surface area contributed by atoms with Gasteiger partial charge in [-0.05, 0) is 29.1 Å². The van der Waals surface area contributed by atoms with Crippen LogP contribution in [0.3, 0.4) is 0 Å². The molecule has 0 aliphatic heterocycles. The normalized spacial score (nSPS) is 11.0. The summed E-state index contributed by atoms with van der Waals surface area (Å²) in [4.78, 5) is 1.25. The van der Waals surface area contributed by atoms with Crippen LogP contribution in [-0.2, 0) is 17.9 Å². The first-order valence-corrected chi connectivity index (χ1v) is 8.17. The molecule has 0 saturated heterocycles. The molecule has 1 N–H and O–H groups in total. The maximum Gasteiger partial charge on any atom is 0.119 e. The molecule has 0 unspecified atom stereocenters. The molecule has 114 valence electrons. The molecule has 0 atom stereocenters. The third-order valence-corrected chi connectivity index (χ3v) is 3.81. The SMILES string of the molecule is CC(C)NCc1ccc(OCCOCc2cccs2)cc1. The molecule has 1 heterocycles. The lowest BCUT2D eigenvalue weighted by Crippen LogP contribution is -2.21. The van der Waals surface area contributed by atoms with E-state index >= 15 is 0 Å². The summed E-state index contributed by atoms with van der Waals surface area (Å²) in [5.74, 6) is 0.892. The molecular formula is C17H23NO2S. The van der Waals surface area contributed by atoms with Gasteiger partial charge in [0.2, 0.25) is 0 Å². The van der Waals surface area contributed by atoms with Crippen LogP contribution in [-0.4, -0.2) is 19.3 Å². The fraction of sp³-hybridized carbons (Fsp3) is 0.412. The van der Waals surface area contributed by atoms with Gasteiger partial charge in [0.1, 0.15) is 12.4 Å². The van der Waals surface area contributed by atoms with Crippen LogP contribution in [0.15, 0.2) is 41.8 Å². The summed E-state index contributed by atoms with van der Waals surface area (Å²) in [6, 6.07) is 12.8. The smallest absolute Gasteiger partial charge is 0.119 e. The standard InChI is InChI=1S/C17H23NO2S/c1-14(2)18-12-15-5-7-16(8-6-15)20-10-9-19-13-17-4-3-11-21-17/h3-8,11,14,18H,9-10,12-13H2,1-2H3. The zero-order chi connectivity index (χ0) is 14.9. The maximum absolute atomic E-state index is 5.66. The van der Waals surface area contributed by atoms with E-state index in [0.717, 1.165) is 12.3 Å². The molecule has 0 aliphatic carbocycles. The van der Waals surface area contributed by atoms with Crippen LogP contribution in [0, 0.1) is 0 Å². The Labute approximate surface area is 130 Å². The lowest BCUT2D eigenvalue weighted by atomic mass is 10.2. The molecule has 0 aliphatic rings. The number of thiophene rings is 1. The number of hydrogen-bond acceptors (Lipinski definition) is 4. The Morgan fingerprint density at radius 1 is 1.10 bits per heavy atom. The van der Waals surface area contributed by atoms with Crippen LogP contribution in [0.4, 0.5) is 0 Å². The van der Waals surface area contributed by atoms with Crippen LogP contribution < -0.4 is 10.1 Å². The van der Waals surface area contributed by atoms with Gasteiger partial charge in [-0.1, -0.05) is 32.0 Å². The first kappa shape index (κ1) is 16.0. The summed E-state index contributed by atoms with van der Waals surface area (Å²) in [5, 5.41) is 5.46. The topological polar surface area (TPSA) is 30.5 Å². The Balaban J connectivity index is 1.62. The van der Waals surface area contributed by atoms with E-state index in [2.05, 4.69) is 42.7 Å². The molecular weight excluding hydrogens is 282 g/mol. The fourth-order valence-corrected chi connectivity index (χ4v) is 2.45. The van der Waals surface area contributed by atoms with Gasteiger partial charge >= 0.3 is 0 Å². The van der Waals surface area contributed by atoms with Crippen LogP contribution in [0.25, 0.3) is 0 Å². The number of hydrogen-bond donors (Lipinski definition) is 1. The van der Waals surface area contributed by atoms with E-state index in [-0.39, 0.29) is 0 Å². The molecule has 21 heavy (non-hydrogen) atoms. The van der Waals surface area contributed by atoms with Crippen molar-refractivity contribution in [3.63, 3.8) is 0 Å². The first-order valence-electron chi connectivity index (χ1n) is 7.29. The Morgan fingerprint density at radius 3 is 2.57 bits per heavy atom. The average molecular weight is 305 g/mol. The average Bonchev–Trinajstić information content (AvgIpc) is 2.99. The van der Waals surface area contributed by atoms with Crippen LogP contribution in [0.2, 0.25) is 0 Å². The maximum atomic E-state index is 5.66. The monoisotopic (exact) mass is 305 g/mol. The summed E-state index contributed by atoms with van der Waals surface area (Å²) in [5.41, 5.74) is 1.27. The van der Waals surface area contributed by atoms with E-state index in [1.807, 2.05) is 18.2 Å². The van der Waals surface area contributed by atoms with Gasteiger partial charge in [-0.2, -0.15) is 0 Å². The van der Waals surface area contributed by atoms with E-state index in [1.165, 1.54) is 10.4 Å². The number of rotatable bonds is 9. The highest BCUT2D eigenvalue weighted by molar-refractivity contribution is 7.09. The van der Waals surface area contributed by atoms with Crippen molar-refractivity contribution in [3.05, 3.63) is 52.2 Å². The van der Waals surface area contributed by atoms with Crippen molar-refractivity contribution in [2.45, 2.75) is 33.0 Å². The van der Waals surface area contributed by atoms with Crippen molar-refractivity contribution in [1.29, 1.82) is 0 Å². The van der Waals surface area contributed by atoms with Gasteiger partial charge in [0.05, 0.1) is 13.2 Å². The van der Waals surface area contributed by atoms with Gasteiger partial charge in [-0.3, -0.25) is 0 Å². The molecule has 2 aromatic rings. The summed E-state index contributed by atoms with van der Waals surface area (Å²) < 4.78 is 11.2. The highest BCUT2D eigenvalue weighted by Crippen LogP contribution is 2.13. The number of ether oxygens (including phenoxy) is 2. The van der Waals surface area contributed by atoms with Crippen molar-refractivity contribution in [2.75, 3.05) is 13.2 Å². The lowest BCUT2D eigenvalue weighted by molar-refractivity contribution is 0.0905. The minimum Gasteiger partial charge on any atom is -0.491 e. The lowest BCUT2D eigenvalue weighted by Gasteiger charge is -2.10. The molecule has 4 heteroatoms.